The van der Waals surface area contributed by atoms with Gasteiger partial charge in [0.25, 0.3) is 5.70 Å². The summed E-state index contributed by atoms with van der Waals surface area (Å²) in [6, 6.07) is 3.38. The summed E-state index contributed by atoms with van der Waals surface area (Å²) in [7, 11) is 0. The van der Waals surface area contributed by atoms with Gasteiger partial charge in [0.15, 0.2) is 0 Å². The third-order valence-corrected chi connectivity index (χ3v) is 16.4. The third-order valence-electron chi connectivity index (χ3n) is 13.8. The molecule has 0 aromatic heterocycles. The quantitative estimate of drug-likeness (QED) is 0.0958. The molecule has 5 aliphatic rings. The molecule has 302 valence electrons. The van der Waals surface area contributed by atoms with E-state index in [4.69, 9.17) is 20.8 Å². The van der Waals surface area contributed by atoms with Crippen molar-refractivity contribution >= 4 is 41.4 Å². The Morgan fingerprint density at radius 2 is 1.07 bits per heavy atom. The van der Waals surface area contributed by atoms with Crippen LogP contribution in [0.25, 0.3) is 4.85 Å². The molecule has 1 heterocycles. The van der Waals surface area contributed by atoms with Crippen LogP contribution in [0.1, 0.15) is 150 Å². The van der Waals surface area contributed by atoms with E-state index in [2.05, 4.69) is 18.7 Å². The van der Waals surface area contributed by atoms with E-state index in [9.17, 15) is 19.5 Å². The van der Waals surface area contributed by atoms with Crippen molar-refractivity contribution in [2.45, 2.75) is 165 Å². The summed E-state index contributed by atoms with van der Waals surface area (Å²) < 4.78 is 18.0. The Morgan fingerprint density at radius 3 is 1.42 bits per heavy atom. The average molecular weight is 794 g/mol. The molecule has 4 aliphatic carbocycles. The molecule has 1 aliphatic heterocycles. The van der Waals surface area contributed by atoms with Crippen LogP contribution in [0.15, 0.2) is 31.9 Å². The molecule has 8 nitrogen and oxygen atoms in total. The molecule has 0 unspecified atom stereocenters. The van der Waals surface area contributed by atoms with Crippen LogP contribution in [0.2, 0.25) is 0 Å². The Bertz CT molecular complexity index is 1490. The van der Waals surface area contributed by atoms with E-state index in [1.54, 1.807) is 26.0 Å². The highest BCUT2D eigenvalue weighted by atomic mass is 32.2. The van der Waals surface area contributed by atoms with Crippen molar-refractivity contribution in [2.24, 2.45) is 47.3 Å². The van der Waals surface area contributed by atoms with Crippen molar-refractivity contribution in [2.75, 3.05) is 6.61 Å². The predicted octanol–water partition coefficient (Wildman–Crippen LogP) is 11.5. The van der Waals surface area contributed by atoms with Gasteiger partial charge in [0, 0.05) is 6.42 Å². The molecule has 1 aromatic carbocycles. The van der Waals surface area contributed by atoms with Gasteiger partial charge in [-0.15, -0.1) is 0 Å². The minimum absolute atomic E-state index is 0.0346. The van der Waals surface area contributed by atoms with Crippen LogP contribution in [0.5, 0.6) is 11.5 Å². The van der Waals surface area contributed by atoms with Gasteiger partial charge in [-0.1, -0.05) is 75.9 Å². The van der Waals surface area contributed by atoms with E-state index in [0.717, 1.165) is 75.0 Å². The average Bonchev–Trinajstić information content (AvgIpc) is 3.64. The maximum absolute atomic E-state index is 13.7. The Hall–Kier alpha value is -2.48. The molecule has 0 amide bonds. The lowest BCUT2D eigenvalue weighted by Gasteiger charge is -2.37. The summed E-state index contributed by atoms with van der Waals surface area (Å²) in [5.74, 6) is 3.75. The SMILES string of the molecule is [C-]#[N+]C(C(=O)OCCC(C)(C)O)=C1Sc2c(OC(=O)C3CCC(C4CCC(CC)CC4)CC3)ccc(OC(=O)C3CCC(C4CCC(CC)CC4)CC3)c2S1. The van der Waals surface area contributed by atoms with Crippen LogP contribution in [0.4, 0.5) is 0 Å². The number of nitrogens with zero attached hydrogens (tertiary/aromatic N) is 1. The topological polar surface area (TPSA) is 103 Å². The summed E-state index contributed by atoms with van der Waals surface area (Å²) in [6.07, 6.45) is 20.9. The molecule has 10 heteroatoms. The number of carbonyl (C=O) groups excluding carboxylic acids is 3. The number of hydrogen-bond acceptors (Lipinski definition) is 9. The fourth-order valence-corrected chi connectivity index (χ4v) is 12.5. The van der Waals surface area contributed by atoms with Crippen molar-refractivity contribution < 1.29 is 33.7 Å². The molecule has 0 saturated heterocycles. The monoisotopic (exact) mass is 793 g/mol. The Kier molecular flexibility index (Phi) is 14.8. The fraction of sp³-hybridized carbons (Fsp3) is 0.733. The number of fused-ring (bicyclic) bond motifs is 1. The smallest absolute Gasteiger partial charge is 0.338 e. The van der Waals surface area contributed by atoms with Gasteiger partial charge in [-0.2, -0.15) is 0 Å². The minimum atomic E-state index is -1.02. The number of carbonyl (C=O) groups is 3. The summed E-state index contributed by atoms with van der Waals surface area (Å²) >= 11 is 2.35. The van der Waals surface area contributed by atoms with Gasteiger partial charge in [-0.05, 0) is 139 Å². The van der Waals surface area contributed by atoms with E-state index >= 15 is 0 Å². The van der Waals surface area contributed by atoms with Gasteiger partial charge < -0.3 is 19.3 Å². The second kappa shape index (κ2) is 19.3. The number of esters is 3. The largest absolute Gasteiger partial charge is 0.470 e. The predicted molar refractivity (Wildman–Crippen MR) is 217 cm³/mol. The summed E-state index contributed by atoms with van der Waals surface area (Å²) in [6.45, 7) is 15.7. The van der Waals surface area contributed by atoms with Crippen molar-refractivity contribution in [1.82, 2.24) is 0 Å². The summed E-state index contributed by atoms with van der Waals surface area (Å²) in [4.78, 5) is 45.1. The van der Waals surface area contributed by atoms with Crippen LogP contribution < -0.4 is 9.47 Å². The van der Waals surface area contributed by atoms with Crippen LogP contribution in [-0.4, -0.2) is 35.2 Å². The highest BCUT2D eigenvalue weighted by molar-refractivity contribution is 8.24. The normalized spacial score (nSPS) is 29.8. The Morgan fingerprint density at radius 1 is 0.691 bits per heavy atom. The van der Waals surface area contributed by atoms with E-state index in [0.29, 0.717) is 37.4 Å². The number of hydrogen-bond donors (Lipinski definition) is 1. The standard InChI is InChI=1S/C45H63NO7S2/c1-6-28-8-12-30(13-9-28)32-16-20-34(21-17-32)41(47)52-36-24-25-37(40-39(36)54-44(55-40)38(46-5)43(49)51-27-26-45(3,4)50)53-42(48)35-22-18-33(19-23-35)31-14-10-29(7-2)11-15-31/h24-25,28-35,50H,6-23,26-27H2,1-4H3. The number of aliphatic hydroxyl groups is 1. The molecule has 0 spiro atoms. The third kappa shape index (κ3) is 10.9. The molecule has 0 bridgehead atoms. The first-order chi connectivity index (χ1) is 26.5. The first-order valence-electron chi connectivity index (χ1n) is 21.4. The van der Waals surface area contributed by atoms with E-state index < -0.39 is 11.6 Å². The Labute approximate surface area is 337 Å². The van der Waals surface area contributed by atoms with E-state index in [1.165, 1.54) is 87.7 Å². The van der Waals surface area contributed by atoms with Gasteiger partial charge in [0.2, 0.25) is 0 Å². The van der Waals surface area contributed by atoms with Gasteiger partial charge in [0.05, 0.1) is 44.6 Å². The highest BCUT2D eigenvalue weighted by Crippen LogP contribution is 2.59. The summed E-state index contributed by atoms with van der Waals surface area (Å²) in [5.41, 5.74) is -1.20. The molecule has 4 saturated carbocycles. The Balaban J connectivity index is 1.13. The van der Waals surface area contributed by atoms with Crippen LogP contribution in [0.3, 0.4) is 0 Å². The zero-order valence-corrected chi connectivity index (χ0v) is 35.2. The molecule has 0 radical (unpaired) electrons. The minimum Gasteiger partial charge on any atom is -0.470 e. The highest BCUT2D eigenvalue weighted by Gasteiger charge is 2.38. The van der Waals surface area contributed by atoms with Crippen molar-refractivity contribution in [1.29, 1.82) is 0 Å². The maximum atomic E-state index is 13.7. The molecule has 1 N–H and O–H groups in total. The zero-order chi connectivity index (χ0) is 39.1. The first kappa shape index (κ1) is 42.1. The van der Waals surface area contributed by atoms with Gasteiger partial charge >= 0.3 is 17.9 Å². The van der Waals surface area contributed by atoms with E-state index in [-0.39, 0.29) is 42.5 Å². The van der Waals surface area contributed by atoms with E-state index in [1.807, 2.05) is 0 Å². The number of ether oxygens (including phenoxy) is 3. The molecule has 4 fully saturated rings. The second-order valence-corrected chi connectivity index (χ2v) is 20.1. The van der Waals surface area contributed by atoms with Crippen molar-refractivity contribution in [3.05, 3.63) is 33.5 Å². The number of rotatable bonds is 12. The van der Waals surface area contributed by atoms with Gasteiger partial charge in [-0.25, -0.2) is 4.85 Å². The van der Waals surface area contributed by atoms with Crippen LogP contribution in [-0.2, 0) is 19.1 Å². The zero-order valence-electron chi connectivity index (χ0n) is 33.6. The molecule has 6 rings (SSSR count). The van der Waals surface area contributed by atoms with Crippen molar-refractivity contribution in [3.63, 3.8) is 0 Å². The molecular weight excluding hydrogens is 731 g/mol. The summed E-state index contributed by atoms with van der Waals surface area (Å²) in [5, 5.41) is 10.1. The molecule has 0 atom stereocenters. The van der Waals surface area contributed by atoms with Crippen molar-refractivity contribution in [3.8, 4) is 11.5 Å². The van der Waals surface area contributed by atoms with Gasteiger partial charge in [-0.3, -0.25) is 14.4 Å². The number of thioether (sulfide) groups is 2. The maximum Gasteiger partial charge on any atom is 0.338 e. The fourth-order valence-electron chi connectivity index (χ4n) is 9.99. The lowest BCUT2D eigenvalue weighted by atomic mass is 9.69. The second-order valence-electron chi connectivity index (χ2n) is 17.8. The van der Waals surface area contributed by atoms with Crippen LogP contribution in [0, 0.1) is 53.9 Å². The lowest BCUT2D eigenvalue weighted by molar-refractivity contribution is -0.141. The van der Waals surface area contributed by atoms with Crippen LogP contribution >= 0.6 is 23.5 Å². The van der Waals surface area contributed by atoms with Gasteiger partial charge in [0.1, 0.15) is 11.5 Å². The molecule has 1 aromatic rings. The molecule has 55 heavy (non-hydrogen) atoms. The first-order valence-corrected chi connectivity index (χ1v) is 23.1. The number of benzene rings is 1. The lowest BCUT2D eigenvalue weighted by Crippen LogP contribution is -2.30. The molecular formula is C45H63NO7S2.